The van der Waals surface area contributed by atoms with Crippen molar-refractivity contribution >= 4 is 67.5 Å². The van der Waals surface area contributed by atoms with Gasteiger partial charge in [-0.15, -0.1) is 13.2 Å². The lowest BCUT2D eigenvalue weighted by atomic mass is 9.67. The Bertz CT molecular complexity index is 3390. The van der Waals surface area contributed by atoms with Crippen molar-refractivity contribution in [3.8, 4) is 0 Å². The van der Waals surface area contributed by atoms with E-state index < -0.39 is 101 Å². The molecule has 7 aliphatic carbocycles. The normalized spacial score (nSPS) is 32.9. The van der Waals surface area contributed by atoms with Crippen molar-refractivity contribution in [2.24, 2.45) is 83.1 Å². The Hall–Kier alpha value is -4.58. The van der Waals surface area contributed by atoms with Crippen LogP contribution in [0.4, 0.5) is 4.79 Å². The second-order valence-corrected chi connectivity index (χ2v) is 39.5. The summed E-state index contributed by atoms with van der Waals surface area (Å²) in [5, 5.41) is 2.94. The average molecular weight is 1380 g/mol. The number of ether oxygens (including phenoxy) is 1. The highest BCUT2D eigenvalue weighted by Gasteiger charge is 2.86. The molecule has 11 atom stereocenters. The smallest absolute Gasteiger partial charge is 0.408 e. The highest BCUT2D eigenvalue weighted by molar-refractivity contribution is 7.88. The van der Waals surface area contributed by atoms with Crippen LogP contribution in [-0.2, 0) is 58.7 Å². The summed E-state index contributed by atoms with van der Waals surface area (Å²) in [7, 11) is -8.04. The molecule has 0 aromatic carbocycles. The van der Waals surface area contributed by atoms with Gasteiger partial charge in [0.2, 0.25) is 23.6 Å². The van der Waals surface area contributed by atoms with E-state index >= 15 is 4.79 Å². The van der Waals surface area contributed by atoms with E-state index in [9.17, 15) is 50.4 Å². The zero-order chi connectivity index (χ0) is 71.0. The summed E-state index contributed by atoms with van der Waals surface area (Å²) in [4.78, 5) is 117. The third kappa shape index (κ3) is 12.3. The Kier molecular flexibility index (Phi) is 19.2. The highest BCUT2D eigenvalue weighted by Crippen LogP contribution is 2.89. The van der Waals surface area contributed by atoms with E-state index in [-0.39, 0.29) is 92.8 Å². The first-order chi connectivity index (χ1) is 44.3. The molecule has 4 saturated heterocycles. The molecule has 21 nitrogen and oxygen atoms in total. The molecule has 11 fully saturated rings. The van der Waals surface area contributed by atoms with E-state index in [1.54, 1.807) is 42.7 Å². The maximum atomic E-state index is 15.3. The van der Waals surface area contributed by atoms with Gasteiger partial charge in [-0.05, 0) is 160 Å². The third-order valence-corrected chi connectivity index (χ3v) is 30.5. The van der Waals surface area contributed by atoms with Crippen LogP contribution < -0.4 is 20.5 Å². The number of alkyl carbamates (subject to hydrolysis) is 1. The molecule has 4 heterocycles. The second kappa shape index (κ2) is 24.9. The second-order valence-electron chi connectivity index (χ2n) is 36.2. The van der Waals surface area contributed by atoms with Crippen molar-refractivity contribution in [3.05, 3.63) is 25.3 Å². The van der Waals surface area contributed by atoms with Crippen molar-refractivity contribution in [2.45, 2.75) is 268 Å². The van der Waals surface area contributed by atoms with Gasteiger partial charge < -0.3 is 25.6 Å². The number of hydrogen-bond acceptors (Lipinski definition) is 14. The lowest BCUT2D eigenvalue weighted by Gasteiger charge is -2.42. The van der Waals surface area contributed by atoms with Crippen LogP contribution in [0.15, 0.2) is 25.3 Å². The molecule has 0 bridgehead atoms. The molecule has 0 aromatic rings. The zero-order valence-electron chi connectivity index (χ0n) is 60.4. The number of ketones is 3. The zero-order valence-corrected chi connectivity index (χ0v) is 62.0. The summed E-state index contributed by atoms with van der Waals surface area (Å²) in [5.74, 6) is -3.95. The van der Waals surface area contributed by atoms with Gasteiger partial charge in [-0.3, -0.25) is 33.6 Å². The Morgan fingerprint density at radius 3 is 1.26 bits per heavy atom. The highest BCUT2D eigenvalue weighted by atomic mass is 32.2. The van der Waals surface area contributed by atoms with Gasteiger partial charge in [0.1, 0.15) is 5.60 Å². The van der Waals surface area contributed by atoms with Crippen LogP contribution in [0.2, 0.25) is 0 Å². The van der Waals surface area contributed by atoms with Crippen LogP contribution in [0, 0.1) is 77.3 Å². The number of nitrogens with two attached hydrogens (primary N) is 1. The van der Waals surface area contributed by atoms with Crippen molar-refractivity contribution in [1.82, 2.24) is 33.2 Å². The minimum absolute atomic E-state index is 0.0136. The predicted octanol–water partition coefficient (Wildman–Crippen LogP) is 9.64. The first kappa shape index (κ1) is 74.1. The van der Waals surface area contributed by atoms with Crippen molar-refractivity contribution in [3.63, 3.8) is 0 Å². The number of nitrogens with zero attached hydrogens (tertiary/aromatic N) is 4. The number of amides is 5. The van der Waals surface area contributed by atoms with Crippen LogP contribution in [0.5, 0.6) is 0 Å². The van der Waals surface area contributed by atoms with Gasteiger partial charge >= 0.3 is 26.5 Å². The molecule has 0 unspecified atom stereocenters. The van der Waals surface area contributed by atoms with E-state index in [1.165, 1.54) is 8.61 Å². The maximum absolute atomic E-state index is 15.3. The number of allylic oxidation sites excluding steroid dienone is 2. The van der Waals surface area contributed by atoms with Crippen LogP contribution in [0.25, 0.3) is 0 Å². The van der Waals surface area contributed by atoms with Crippen LogP contribution in [0.3, 0.4) is 0 Å². The number of hydrogen-bond donors (Lipinski definition) is 4. The summed E-state index contributed by atoms with van der Waals surface area (Å²) < 4.78 is 64.8. The van der Waals surface area contributed by atoms with Gasteiger partial charge in [0, 0.05) is 75.3 Å². The van der Waals surface area contributed by atoms with E-state index in [1.807, 2.05) is 48.5 Å². The SMILES string of the molecule is C=C[C@@H]1C[C@]1(CC(=O)[C@@H]1C[C@@]2(CN1C(=O)[C@@H](CC(=O)[C@@H](NC(=O)OC(C)(C)C)C1(C)CCCCC1)C(C)(C)C)C(C)(C)C21CCC1)C(=O)NS(=O)(=O)N1CCCC1.C=C[C@@H]1C[C@]1(CC(=O)[C@@H]1C[C@@]2(CN1C(=O)[C@@H](N)C(C)(C)C)C(C)(C)C21CCC1)C(=O)NS(=O)(=O)N1CCCC1. The number of carbonyl (C=O) groups excluding carboxylic acids is 8. The molecule has 0 aromatic heterocycles. The Morgan fingerprint density at radius 1 is 0.542 bits per heavy atom. The number of fused-ring (bicyclic) bond motifs is 2. The molecule has 23 heteroatoms. The molecular formula is C73H116N8O13S2. The lowest BCUT2D eigenvalue weighted by Crippen LogP contribution is -2.55. The van der Waals surface area contributed by atoms with Gasteiger partial charge in [0.15, 0.2) is 17.3 Å². The van der Waals surface area contributed by atoms with Crippen LogP contribution >= 0.6 is 0 Å². The molecule has 0 radical (unpaired) electrons. The Morgan fingerprint density at radius 2 is 0.938 bits per heavy atom. The molecule has 5 amide bonds. The standard InChI is InChI=1S/C44H70N4O8S.C29H46N4O5S/c1-11-29-25-42(29,36(52)46-57(54,55)47-22-15-16-23-47)27-33(50)31-26-44(40(8,9)43(44)20-17-21-43)28-48(31)35(51)30(38(2,3)4)24-32(49)34(41(10)18-13-12-14-19-41)45-37(53)56-39(5,6)7;1-7-19-15-27(19,24(36)31-39(37,38)32-13-8-9-14-32)17-21(34)20-16-29(26(5,6)28(29)11-10-12-28)18-33(20)23(35)22(30)25(2,3)4/h11,29-31,34H,1,12-28H2,2-10H3,(H,45,53)(H,46,52);7,19-20,22H,1,8-18,30H2,2-6H3,(H,31,36)/t29-,30-,31+,34-,42-,44-;19-,20+,22-,27-,29-/m11/s1. The first-order valence-corrected chi connectivity index (χ1v) is 39.0. The monoisotopic (exact) mass is 1380 g/mol. The molecule has 96 heavy (non-hydrogen) atoms. The van der Waals surface area contributed by atoms with Gasteiger partial charge in [-0.2, -0.15) is 25.4 Å². The maximum Gasteiger partial charge on any atom is 0.408 e. The fraction of sp³-hybridized carbons (Fsp3) is 0.836. The number of Topliss-reactive ketones (excluding diaryl/α,β-unsaturated/α-hetero) is 3. The summed E-state index contributed by atoms with van der Waals surface area (Å²) in [6.07, 6.45) is 17.8. The van der Waals surface area contributed by atoms with Crippen molar-refractivity contribution < 1.29 is 59.9 Å². The fourth-order valence-electron chi connectivity index (χ4n) is 20.4. The molecule has 11 rings (SSSR count). The molecule has 5 N–H and O–H groups in total. The minimum Gasteiger partial charge on any atom is -0.444 e. The number of carbonyl (C=O) groups is 8. The quantitative estimate of drug-likeness (QED) is 0.0779. The van der Waals surface area contributed by atoms with Gasteiger partial charge in [0.05, 0.1) is 35.0 Å². The molecule has 538 valence electrons. The summed E-state index contributed by atoms with van der Waals surface area (Å²) in [6.45, 7) is 38.1. The Labute approximate surface area is 573 Å². The molecule has 7 saturated carbocycles. The summed E-state index contributed by atoms with van der Waals surface area (Å²) >= 11 is 0. The van der Waals surface area contributed by atoms with Gasteiger partial charge in [0.25, 0.3) is 0 Å². The number of nitrogens with one attached hydrogen (secondary N) is 3. The number of likely N-dealkylation sites (tertiary alicyclic amines) is 2. The van der Waals surface area contributed by atoms with Crippen LogP contribution in [0.1, 0.15) is 238 Å². The lowest BCUT2D eigenvalue weighted by molar-refractivity contribution is -0.147. The first-order valence-electron chi connectivity index (χ1n) is 36.1. The molecule has 11 aliphatic rings. The minimum atomic E-state index is -4.07. The van der Waals surface area contributed by atoms with E-state index in [2.05, 4.69) is 55.6 Å². The average Bonchev–Trinajstić information content (AvgIpc) is 1.46. The van der Waals surface area contributed by atoms with E-state index in [0.717, 1.165) is 96.3 Å². The van der Waals surface area contributed by atoms with Crippen molar-refractivity contribution in [2.75, 3.05) is 39.3 Å². The summed E-state index contributed by atoms with van der Waals surface area (Å²) in [5.41, 5.74) is 1.23. The predicted molar refractivity (Wildman–Crippen MR) is 366 cm³/mol. The molecular weight excluding hydrogens is 1260 g/mol. The Balaban J connectivity index is 0.000000224. The van der Waals surface area contributed by atoms with E-state index in [0.29, 0.717) is 65.0 Å². The molecule has 4 spiro atoms. The van der Waals surface area contributed by atoms with Crippen molar-refractivity contribution in [1.29, 1.82) is 0 Å². The largest absolute Gasteiger partial charge is 0.444 e. The fourth-order valence-corrected chi connectivity index (χ4v) is 23.0. The van der Waals surface area contributed by atoms with Gasteiger partial charge in [-0.25, -0.2) is 14.2 Å². The van der Waals surface area contributed by atoms with Gasteiger partial charge in [-0.1, -0.05) is 120 Å². The van der Waals surface area contributed by atoms with E-state index in [4.69, 9.17) is 10.5 Å². The molecule has 4 aliphatic heterocycles. The summed E-state index contributed by atoms with van der Waals surface area (Å²) in [6, 6.07) is -3.11. The number of rotatable bonds is 21. The topological polar surface area (TPSA) is 289 Å². The van der Waals surface area contributed by atoms with Crippen LogP contribution in [-0.4, -0.2) is 151 Å². The third-order valence-electron chi connectivity index (χ3n) is 27.5.